The Morgan fingerprint density at radius 3 is 2.45 bits per heavy atom. The summed E-state index contributed by atoms with van der Waals surface area (Å²) >= 11 is 0. The van der Waals surface area contributed by atoms with E-state index in [1.807, 2.05) is 4.90 Å². The van der Waals surface area contributed by atoms with Gasteiger partial charge in [-0.05, 0) is 25.0 Å². The van der Waals surface area contributed by atoms with Crippen LogP contribution in [0.4, 0.5) is 26.2 Å². The zero-order valence-corrected chi connectivity index (χ0v) is 12.7. The van der Waals surface area contributed by atoms with Crippen molar-refractivity contribution in [3.8, 4) is 0 Å². The van der Waals surface area contributed by atoms with Crippen LogP contribution in [0.5, 0.6) is 0 Å². The highest BCUT2D eigenvalue weighted by Crippen LogP contribution is 2.18. The summed E-state index contributed by atoms with van der Waals surface area (Å²) in [7, 11) is 0. The molecule has 0 aliphatic rings. The molecule has 7 heteroatoms. The van der Waals surface area contributed by atoms with E-state index in [-0.39, 0.29) is 0 Å². The summed E-state index contributed by atoms with van der Waals surface area (Å²) in [4.78, 5) is 6.43. The van der Waals surface area contributed by atoms with Crippen molar-refractivity contribution in [1.82, 2.24) is 15.2 Å². The molecule has 5 nitrogen and oxygen atoms in total. The van der Waals surface area contributed by atoms with Crippen LogP contribution < -0.4 is 10.2 Å². The number of anilines is 3. The van der Waals surface area contributed by atoms with Gasteiger partial charge in [-0.3, -0.25) is 0 Å². The molecule has 0 bridgehead atoms. The Morgan fingerprint density at radius 1 is 1.09 bits per heavy atom. The predicted molar refractivity (Wildman–Crippen MR) is 82.3 cm³/mol. The van der Waals surface area contributed by atoms with Crippen LogP contribution in [0.25, 0.3) is 0 Å². The van der Waals surface area contributed by atoms with Crippen LogP contribution in [-0.2, 0) is 0 Å². The van der Waals surface area contributed by atoms with Gasteiger partial charge in [-0.1, -0.05) is 13.8 Å². The van der Waals surface area contributed by atoms with Gasteiger partial charge in [0, 0.05) is 24.8 Å². The van der Waals surface area contributed by atoms with E-state index < -0.39 is 11.6 Å². The fourth-order valence-corrected chi connectivity index (χ4v) is 2.06. The summed E-state index contributed by atoms with van der Waals surface area (Å²) in [6.45, 7) is 5.84. The van der Waals surface area contributed by atoms with Gasteiger partial charge >= 0.3 is 0 Å². The molecule has 22 heavy (non-hydrogen) atoms. The quantitative estimate of drug-likeness (QED) is 0.848. The first kappa shape index (κ1) is 16.1. The standard InChI is InChI=1S/C15H19F2N5/c1-3-7-22(8-4-2)15-20-14(10-18-21-15)19-11-5-6-12(16)13(17)9-11/h5-6,9-10H,3-4,7-8H2,1-2H3,(H,19,20,21). The average molecular weight is 307 g/mol. The highest BCUT2D eigenvalue weighted by atomic mass is 19.2. The molecule has 1 N–H and O–H groups in total. The molecular weight excluding hydrogens is 288 g/mol. The van der Waals surface area contributed by atoms with Gasteiger partial charge in [-0.25, -0.2) is 8.78 Å². The third kappa shape index (κ3) is 4.09. The fraction of sp³-hybridized carbons (Fsp3) is 0.400. The maximum Gasteiger partial charge on any atom is 0.247 e. The van der Waals surface area contributed by atoms with E-state index in [0.29, 0.717) is 17.5 Å². The average Bonchev–Trinajstić information content (AvgIpc) is 2.51. The molecule has 0 amide bonds. The molecular formula is C15H19F2N5. The molecule has 0 saturated carbocycles. The van der Waals surface area contributed by atoms with Gasteiger partial charge in [-0.15, -0.1) is 5.10 Å². The fourth-order valence-electron chi connectivity index (χ4n) is 2.06. The molecule has 0 atom stereocenters. The van der Waals surface area contributed by atoms with Crippen LogP contribution in [0, 0.1) is 11.6 Å². The molecule has 0 aliphatic heterocycles. The zero-order chi connectivity index (χ0) is 15.9. The van der Waals surface area contributed by atoms with Crippen LogP contribution in [0.15, 0.2) is 24.4 Å². The molecule has 0 radical (unpaired) electrons. The minimum Gasteiger partial charge on any atom is -0.339 e. The van der Waals surface area contributed by atoms with Crippen LogP contribution in [0.1, 0.15) is 26.7 Å². The summed E-state index contributed by atoms with van der Waals surface area (Å²) in [6, 6.07) is 3.58. The lowest BCUT2D eigenvalue weighted by Gasteiger charge is -2.21. The largest absolute Gasteiger partial charge is 0.339 e. The first-order valence-electron chi connectivity index (χ1n) is 7.30. The Hall–Kier alpha value is -2.31. The van der Waals surface area contributed by atoms with E-state index in [9.17, 15) is 8.78 Å². The Balaban J connectivity index is 2.18. The minimum atomic E-state index is -0.911. The van der Waals surface area contributed by atoms with Crippen molar-refractivity contribution < 1.29 is 8.78 Å². The summed E-state index contributed by atoms with van der Waals surface area (Å²) in [5.41, 5.74) is 0.405. The monoisotopic (exact) mass is 307 g/mol. The number of halogens is 2. The van der Waals surface area contributed by atoms with Crippen molar-refractivity contribution >= 4 is 17.5 Å². The summed E-state index contributed by atoms with van der Waals surface area (Å²) in [5, 5.41) is 10.9. The SMILES string of the molecule is CCCN(CCC)c1nncc(Nc2ccc(F)c(F)c2)n1. The number of aromatic nitrogens is 3. The predicted octanol–water partition coefficient (Wildman–Crippen LogP) is 3.52. The Kier molecular flexibility index (Phi) is 5.57. The van der Waals surface area contributed by atoms with E-state index in [0.717, 1.165) is 38.1 Å². The lowest BCUT2D eigenvalue weighted by atomic mass is 10.3. The van der Waals surface area contributed by atoms with E-state index in [1.54, 1.807) is 0 Å². The van der Waals surface area contributed by atoms with E-state index >= 15 is 0 Å². The van der Waals surface area contributed by atoms with Gasteiger partial charge < -0.3 is 10.2 Å². The van der Waals surface area contributed by atoms with Gasteiger partial charge in [0.1, 0.15) is 0 Å². The Morgan fingerprint density at radius 2 is 1.82 bits per heavy atom. The van der Waals surface area contributed by atoms with Gasteiger partial charge in [0.05, 0.1) is 6.20 Å². The molecule has 0 aliphatic carbocycles. The minimum absolute atomic E-state index is 0.405. The van der Waals surface area contributed by atoms with Crippen molar-refractivity contribution in [2.45, 2.75) is 26.7 Å². The number of nitrogens with one attached hydrogen (secondary N) is 1. The number of nitrogens with zero attached hydrogens (tertiary/aromatic N) is 4. The Bertz CT molecular complexity index is 615. The summed E-state index contributed by atoms with van der Waals surface area (Å²) < 4.78 is 26.1. The second kappa shape index (κ2) is 7.63. The Labute approximate surface area is 128 Å². The van der Waals surface area contributed by atoms with Gasteiger partial charge in [-0.2, -0.15) is 10.1 Å². The number of hydrogen-bond acceptors (Lipinski definition) is 5. The first-order chi connectivity index (χ1) is 10.6. The first-order valence-corrected chi connectivity index (χ1v) is 7.30. The van der Waals surface area contributed by atoms with Crippen molar-refractivity contribution in [2.75, 3.05) is 23.3 Å². The van der Waals surface area contributed by atoms with Crippen molar-refractivity contribution in [3.63, 3.8) is 0 Å². The zero-order valence-electron chi connectivity index (χ0n) is 12.7. The maximum atomic E-state index is 13.2. The van der Waals surface area contributed by atoms with Crippen molar-refractivity contribution in [2.24, 2.45) is 0 Å². The van der Waals surface area contributed by atoms with Gasteiger partial charge in [0.25, 0.3) is 0 Å². The molecule has 0 fully saturated rings. The molecule has 1 aromatic heterocycles. The van der Waals surface area contributed by atoms with Crippen LogP contribution in [0.3, 0.4) is 0 Å². The van der Waals surface area contributed by atoms with Gasteiger partial charge in [0.2, 0.25) is 5.95 Å². The number of benzene rings is 1. The topological polar surface area (TPSA) is 53.9 Å². The van der Waals surface area contributed by atoms with Crippen LogP contribution in [-0.4, -0.2) is 28.3 Å². The molecule has 1 aromatic carbocycles. The second-order valence-electron chi connectivity index (χ2n) is 4.88. The molecule has 0 unspecified atom stereocenters. The molecule has 0 saturated heterocycles. The van der Waals surface area contributed by atoms with E-state index in [2.05, 4.69) is 34.3 Å². The molecule has 1 heterocycles. The van der Waals surface area contributed by atoms with Crippen LogP contribution in [0.2, 0.25) is 0 Å². The highest BCUT2D eigenvalue weighted by molar-refractivity contribution is 5.56. The summed E-state index contributed by atoms with van der Waals surface area (Å²) in [5.74, 6) is -0.834. The summed E-state index contributed by atoms with van der Waals surface area (Å²) in [6.07, 6.45) is 3.40. The molecule has 118 valence electrons. The van der Waals surface area contributed by atoms with Crippen LogP contribution >= 0.6 is 0 Å². The number of hydrogen-bond donors (Lipinski definition) is 1. The third-order valence-electron chi connectivity index (χ3n) is 3.01. The molecule has 0 spiro atoms. The highest BCUT2D eigenvalue weighted by Gasteiger charge is 2.10. The van der Waals surface area contributed by atoms with Gasteiger partial charge in [0.15, 0.2) is 17.5 Å². The maximum absolute atomic E-state index is 13.2. The lowest BCUT2D eigenvalue weighted by Crippen LogP contribution is -2.27. The molecule has 2 aromatic rings. The number of rotatable bonds is 7. The normalized spacial score (nSPS) is 10.5. The third-order valence-corrected chi connectivity index (χ3v) is 3.01. The smallest absolute Gasteiger partial charge is 0.247 e. The van der Waals surface area contributed by atoms with E-state index in [4.69, 9.17) is 0 Å². The molecule has 2 rings (SSSR count). The van der Waals surface area contributed by atoms with Crippen molar-refractivity contribution in [1.29, 1.82) is 0 Å². The van der Waals surface area contributed by atoms with Crippen molar-refractivity contribution in [3.05, 3.63) is 36.0 Å². The second-order valence-corrected chi connectivity index (χ2v) is 4.88. The van der Waals surface area contributed by atoms with E-state index in [1.165, 1.54) is 12.3 Å². The lowest BCUT2D eigenvalue weighted by molar-refractivity contribution is 0.509.